The molecular formula is C16H23FN4. The summed E-state index contributed by atoms with van der Waals surface area (Å²) in [6, 6.07) is 7.48. The number of benzene rings is 1. The molecule has 4 nitrogen and oxygen atoms in total. The number of nitrogens with two attached hydrogens (primary N) is 1. The molecule has 2 fully saturated rings. The molecule has 1 atom stereocenters. The molecule has 1 aliphatic carbocycles. The van der Waals surface area contributed by atoms with Crippen LogP contribution in [0.4, 0.5) is 10.1 Å². The highest BCUT2D eigenvalue weighted by molar-refractivity contribution is 5.78. The molecule has 0 radical (unpaired) electrons. The molecule has 2 aliphatic rings. The van der Waals surface area contributed by atoms with Crippen molar-refractivity contribution in [1.82, 2.24) is 5.32 Å². The van der Waals surface area contributed by atoms with E-state index in [0.29, 0.717) is 23.6 Å². The van der Waals surface area contributed by atoms with E-state index in [9.17, 15) is 4.39 Å². The SMILES string of the molecule is NC(=NCC1CCN(c2ccccc2F)C1)NC1CCC1. The van der Waals surface area contributed by atoms with Crippen molar-refractivity contribution in [3.63, 3.8) is 0 Å². The maximum atomic E-state index is 13.8. The van der Waals surface area contributed by atoms with Crippen molar-refractivity contribution in [2.75, 3.05) is 24.5 Å². The van der Waals surface area contributed by atoms with Gasteiger partial charge in [-0.05, 0) is 43.7 Å². The molecule has 1 aromatic rings. The molecule has 21 heavy (non-hydrogen) atoms. The number of hydrogen-bond acceptors (Lipinski definition) is 2. The van der Waals surface area contributed by atoms with Crippen LogP contribution in [-0.2, 0) is 0 Å². The highest BCUT2D eigenvalue weighted by Crippen LogP contribution is 2.26. The van der Waals surface area contributed by atoms with E-state index in [0.717, 1.165) is 26.1 Å². The molecule has 1 unspecified atom stereocenters. The summed E-state index contributed by atoms with van der Waals surface area (Å²) in [7, 11) is 0. The van der Waals surface area contributed by atoms with E-state index in [4.69, 9.17) is 5.73 Å². The molecule has 5 heteroatoms. The van der Waals surface area contributed by atoms with Crippen molar-refractivity contribution in [2.45, 2.75) is 31.7 Å². The second-order valence-corrected chi connectivity index (χ2v) is 6.05. The summed E-state index contributed by atoms with van der Waals surface area (Å²) in [4.78, 5) is 6.54. The third-order valence-electron chi connectivity index (χ3n) is 4.46. The van der Waals surface area contributed by atoms with Gasteiger partial charge in [0.05, 0.1) is 5.69 Å². The van der Waals surface area contributed by atoms with Crippen LogP contribution in [0.25, 0.3) is 0 Å². The highest BCUT2D eigenvalue weighted by atomic mass is 19.1. The molecular weight excluding hydrogens is 267 g/mol. The number of guanidine groups is 1. The third kappa shape index (κ3) is 3.46. The average molecular weight is 290 g/mol. The van der Waals surface area contributed by atoms with Crippen molar-refractivity contribution in [3.8, 4) is 0 Å². The summed E-state index contributed by atoms with van der Waals surface area (Å²) >= 11 is 0. The first-order valence-corrected chi connectivity index (χ1v) is 7.78. The highest BCUT2D eigenvalue weighted by Gasteiger charge is 2.24. The fourth-order valence-electron chi connectivity index (χ4n) is 2.94. The van der Waals surface area contributed by atoms with Crippen molar-refractivity contribution in [3.05, 3.63) is 30.1 Å². The van der Waals surface area contributed by atoms with Gasteiger partial charge in [-0.3, -0.25) is 4.99 Å². The minimum atomic E-state index is -0.146. The molecule has 1 heterocycles. The van der Waals surface area contributed by atoms with Crippen LogP contribution in [0.3, 0.4) is 0 Å². The van der Waals surface area contributed by atoms with Crippen LogP contribution in [0.2, 0.25) is 0 Å². The molecule has 1 saturated heterocycles. The van der Waals surface area contributed by atoms with Crippen LogP contribution in [0.15, 0.2) is 29.3 Å². The van der Waals surface area contributed by atoms with Gasteiger partial charge in [0.1, 0.15) is 5.82 Å². The lowest BCUT2D eigenvalue weighted by Crippen LogP contribution is -2.43. The molecule has 0 amide bonds. The molecule has 3 rings (SSSR count). The van der Waals surface area contributed by atoms with Gasteiger partial charge in [-0.25, -0.2) is 4.39 Å². The zero-order valence-electron chi connectivity index (χ0n) is 12.3. The van der Waals surface area contributed by atoms with Crippen molar-refractivity contribution < 1.29 is 4.39 Å². The van der Waals surface area contributed by atoms with E-state index < -0.39 is 0 Å². The van der Waals surface area contributed by atoms with Crippen LogP contribution in [-0.4, -0.2) is 31.6 Å². The van der Waals surface area contributed by atoms with Crippen LogP contribution in [0, 0.1) is 11.7 Å². The molecule has 0 bridgehead atoms. The predicted molar refractivity (Wildman–Crippen MR) is 84.0 cm³/mol. The topological polar surface area (TPSA) is 53.6 Å². The first kappa shape index (κ1) is 14.2. The van der Waals surface area contributed by atoms with Gasteiger partial charge in [0.2, 0.25) is 0 Å². The molecule has 1 aliphatic heterocycles. The lowest BCUT2D eigenvalue weighted by molar-refractivity contribution is 0.382. The van der Waals surface area contributed by atoms with Gasteiger partial charge in [-0.15, -0.1) is 0 Å². The largest absolute Gasteiger partial charge is 0.370 e. The normalized spacial score (nSPS) is 23.2. The zero-order chi connectivity index (χ0) is 14.7. The Hall–Kier alpha value is -1.78. The Morgan fingerprint density at radius 3 is 2.86 bits per heavy atom. The lowest BCUT2D eigenvalue weighted by atomic mass is 9.93. The number of anilines is 1. The summed E-state index contributed by atoms with van der Waals surface area (Å²) < 4.78 is 13.8. The third-order valence-corrected chi connectivity index (χ3v) is 4.46. The van der Waals surface area contributed by atoms with E-state index in [1.165, 1.54) is 25.3 Å². The second kappa shape index (κ2) is 6.33. The first-order chi connectivity index (χ1) is 10.2. The predicted octanol–water partition coefficient (Wildman–Crippen LogP) is 2.11. The quantitative estimate of drug-likeness (QED) is 0.659. The van der Waals surface area contributed by atoms with E-state index in [2.05, 4.69) is 15.2 Å². The smallest absolute Gasteiger partial charge is 0.188 e. The Morgan fingerprint density at radius 2 is 2.14 bits per heavy atom. The molecule has 0 spiro atoms. The van der Waals surface area contributed by atoms with E-state index in [1.54, 1.807) is 6.07 Å². The number of nitrogens with one attached hydrogen (secondary N) is 1. The van der Waals surface area contributed by atoms with Crippen LogP contribution >= 0.6 is 0 Å². The summed E-state index contributed by atoms with van der Waals surface area (Å²) in [5.74, 6) is 0.864. The second-order valence-electron chi connectivity index (χ2n) is 6.05. The van der Waals surface area contributed by atoms with Crippen molar-refractivity contribution in [2.24, 2.45) is 16.6 Å². The van der Waals surface area contributed by atoms with Gasteiger partial charge in [-0.2, -0.15) is 0 Å². The summed E-state index contributed by atoms with van der Waals surface area (Å²) in [6.07, 6.45) is 4.71. The van der Waals surface area contributed by atoms with E-state index >= 15 is 0 Å². The van der Waals surface area contributed by atoms with E-state index in [1.807, 2.05) is 12.1 Å². The Morgan fingerprint density at radius 1 is 1.33 bits per heavy atom. The number of nitrogens with zero attached hydrogens (tertiary/aromatic N) is 2. The van der Waals surface area contributed by atoms with Crippen LogP contribution in [0.5, 0.6) is 0 Å². The van der Waals surface area contributed by atoms with Gasteiger partial charge >= 0.3 is 0 Å². The van der Waals surface area contributed by atoms with E-state index in [-0.39, 0.29) is 5.82 Å². The Bertz CT molecular complexity index is 513. The minimum Gasteiger partial charge on any atom is -0.370 e. The first-order valence-electron chi connectivity index (χ1n) is 7.78. The molecule has 3 N–H and O–H groups in total. The zero-order valence-corrected chi connectivity index (χ0v) is 12.3. The maximum Gasteiger partial charge on any atom is 0.188 e. The van der Waals surface area contributed by atoms with Crippen molar-refractivity contribution >= 4 is 11.6 Å². The fraction of sp³-hybridized carbons (Fsp3) is 0.562. The number of hydrogen-bond donors (Lipinski definition) is 2. The molecule has 114 valence electrons. The average Bonchev–Trinajstić information content (AvgIpc) is 2.90. The van der Waals surface area contributed by atoms with Gasteiger partial charge in [0.15, 0.2) is 5.96 Å². The summed E-state index contributed by atoms with van der Waals surface area (Å²) in [6.45, 7) is 2.45. The number of halogens is 1. The minimum absolute atomic E-state index is 0.146. The monoisotopic (exact) mass is 290 g/mol. The summed E-state index contributed by atoms with van der Waals surface area (Å²) in [5.41, 5.74) is 6.60. The Balaban J connectivity index is 1.50. The van der Waals surface area contributed by atoms with Crippen molar-refractivity contribution in [1.29, 1.82) is 0 Å². The maximum absolute atomic E-state index is 13.8. The van der Waals surface area contributed by atoms with Crippen LogP contribution in [0.1, 0.15) is 25.7 Å². The van der Waals surface area contributed by atoms with Gasteiger partial charge in [-0.1, -0.05) is 12.1 Å². The molecule has 0 aromatic heterocycles. The number of para-hydroxylation sites is 1. The van der Waals surface area contributed by atoms with Gasteiger partial charge < -0.3 is 16.0 Å². The number of rotatable bonds is 4. The Labute approximate surface area is 125 Å². The Kier molecular flexibility index (Phi) is 4.27. The molecule has 1 aromatic carbocycles. The van der Waals surface area contributed by atoms with Gasteiger partial charge in [0, 0.05) is 25.7 Å². The van der Waals surface area contributed by atoms with Crippen LogP contribution < -0.4 is 16.0 Å². The number of aliphatic imine (C=N–C) groups is 1. The lowest BCUT2D eigenvalue weighted by Gasteiger charge is -2.26. The standard InChI is InChI=1S/C16H23FN4/c17-14-6-1-2-7-15(14)21-9-8-12(11-21)10-19-16(18)20-13-4-3-5-13/h1-2,6-7,12-13H,3-5,8-11H2,(H3,18,19,20). The summed E-state index contributed by atoms with van der Waals surface area (Å²) in [5, 5.41) is 3.25. The molecule has 1 saturated carbocycles. The van der Waals surface area contributed by atoms with Gasteiger partial charge in [0.25, 0.3) is 0 Å². The fourth-order valence-corrected chi connectivity index (χ4v) is 2.94.